The zero-order chi connectivity index (χ0) is 18.2. The van der Waals surface area contributed by atoms with Crippen molar-refractivity contribution in [1.29, 1.82) is 0 Å². The van der Waals surface area contributed by atoms with Crippen LogP contribution in [0.5, 0.6) is 0 Å². The summed E-state index contributed by atoms with van der Waals surface area (Å²) in [5, 5.41) is 23.0. The summed E-state index contributed by atoms with van der Waals surface area (Å²) in [5.74, 6) is -1.59. The molecule has 1 fully saturated rings. The summed E-state index contributed by atoms with van der Waals surface area (Å²) in [6.07, 6.45) is 1.38. The molecular weight excluding hydrogens is 328 g/mol. The van der Waals surface area contributed by atoms with Gasteiger partial charge in [0.1, 0.15) is 18.7 Å². The number of aliphatic carboxylic acids is 1. The smallest absolute Gasteiger partial charge is 0.408 e. The van der Waals surface area contributed by atoms with Crippen molar-refractivity contribution in [3.63, 3.8) is 0 Å². The zero-order valence-corrected chi connectivity index (χ0v) is 13.7. The van der Waals surface area contributed by atoms with Gasteiger partial charge in [-0.25, -0.2) is 9.59 Å². The molecule has 4 N–H and O–H groups in total. The lowest BCUT2D eigenvalue weighted by atomic mass is 10.1. The van der Waals surface area contributed by atoms with E-state index in [1.54, 1.807) is 24.3 Å². The fourth-order valence-corrected chi connectivity index (χ4v) is 2.28. The number of benzene rings is 1. The molecule has 0 radical (unpaired) electrons. The number of carboxylic acids is 1. The Morgan fingerprint density at radius 3 is 2.36 bits per heavy atom. The van der Waals surface area contributed by atoms with Gasteiger partial charge in [0, 0.05) is 0 Å². The highest BCUT2D eigenvalue weighted by Gasteiger charge is 2.32. The second kappa shape index (κ2) is 9.03. The second-order valence-electron chi connectivity index (χ2n) is 6.02. The fourth-order valence-electron chi connectivity index (χ4n) is 2.28. The summed E-state index contributed by atoms with van der Waals surface area (Å²) in [4.78, 5) is 35.1. The van der Waals surface area contributed by atoms with Gasteiger partial charge in [-0.1, -0.05) is 43.2 Å². The quantitative estimate of drug-likeness (QED) is 0.518. The van der Waals surface area contributed by atoms with E-state index in [4.69, 9.17) is 9.84 Å². The van der Waals surface area contributed by atoms with Gasteiger partial charge in [0.15, 0.2) is 0 Å². The van der Waals surface area contributed by atoms with Crippen LogP contribution in [0.4, 0.5) is 4.79 Å². The molecule has 25 heavy (non-hydrogen) atoms. The van der Waals surface area contributed by atoms with Crippen molar-refractivity contribution in [3.8, 4) is 0 Å². The van der Waals surface area contributed by atoms with E-state index in [-0.39, 0.29) is 6.61 Å². The monoisotopic (exact) mass is 350 g/mol. The lowest BCUT2D eigenvalue weighted by molar-refractivity contribution is -0.142. The Morgan fingerprint density at radius 2 is 1.80 bits per heavy atom. The first-order valence-corrected chi connectivity index (χ1v) is 8.11. The van der Waals surface area contributed by atoms with Gasteiger partial charge in [-0.3, -0.25) is 4.79 Å². The number of carbonyl (C=O) groups excluding carboxylic acids is 2. The lowest BCUT2D eigenvalue weighted by Gasteiger charge is -2.19. The number of carbonyl (C=O) groups is 3. The number of alkyl carbamates (subject to hydrolysis) is 1. The summed E-state index contributed by atoms with van der Waals surface area (Å²) in [5.41, 5.74) is 0.776. The molecule has 0 heterocycles. The van der Waals surface area contributed by atoms with Crippen molar-refractivity contribution in [2.24, 2.45) is 5.92 Å². The van der Waals surface area contributed by atoms with Gasteiger partial charge in [-0.2, -0.15) is 0 Å². The van der Waals surface area contributed by atoms with Gasteiger partial charge in [0.25, 0.3) is 0 Å². The number of hydrogen-bond donors (Lipinski definition) is 4. The number of nitrogens with one attached hydrogen (secondary N) is 2. The molecule has 1 aliphatic carbocycles. The highest BCUT2D eigenvalue weighted by molar-refractivity contribution is 5.89. The van der Waals surface area contributed by atoms with Gasteiger partial charge in [0.05, 0.1) is 6.61 Å². The molecule has 2 rings (SSSR count). The van der Waals surface area contributed by atoms with Crippen molar-refractivity contribution in [1.82, 2.24) is 10.6 Å². The molecule has 1 saturated carbocycles. The van der Waals surface area contributed by atoms with E-state index >= 15 is 0 Å². The normalized spacial score (nSPS) is 15.7. The first-order chi connectivity index (χ1) is 12.0. The summed E-state index contributed by atoms with van der Waals surface area (Å²) in [7, 11) is 0. The van der Waals surface area contributed by atoms with Crippen LogP contribution >= 0.6 is 0 Å². The van der Waals surface area contributed by atoms with Gasteiger partial charge in [0.2, 0.25) is 5.91 Å². The number of hydrogen-bond acceptors (Lipinski definition) is 5. The molecule has 2 amide bonds. The van der Waals surface area contributed by atoms with Crippen LogP contribution in [0.25, 0.3) is 0 Å². The number of aliphatic hydroxyl groups excluding tert-OH is 1. The Labute approximate surface area is 145 Å². The van der Waals surface area contributed by atoms with Gasteiger partial charge < -0.3 is 25.6 Å². The average molecular weight is 350 g/mol. The molecule has 0 unspecified atom stereocenters. The number of aliphatic hydroxyl groups is 1. The highest BCUT2D eigenvalue weighted by Crippen LogP contribution is 2.33. The minimum absolute atomic E-state index is 0.0197. The van der Waals surface area contributed by atoms with Gasteiger partial charge >= 0.3 is 12.1 Å². The number of rotatable bonds is 9. The molecule has 1 aliphatic rings. The van der Waals surface area contributed by atoms with E-state index in [2.05, 4.69) is 10.6 Å². The maximum absolute atomic E-state index is 12.1. The third kappa shape index (κ3) is 6.42. The van der Waals surface area contributed by atoms with Crippen LogP contribution in [0, 0.1) is 5.92 Å². The topological polar surface area (TPSA) is 125 Å². The molecule has 2 atom stereocenters. The zero-order valence-electron chi connectivity index (χ0n) is 13.7. The van der Waals surface area contributed by atoms with Gasteiger partial charge in [-0.05, 0) is 17.9 Å². The summed E-state index contributed by atoms with van der Waals surface area (Å²) in [6.45, 7) is -0.645. The number of ether oxygens (including phenoxy) is 1. The molecule has 0 bridgehead atoms. The van der Waals surface area contributed by atoms with Crippen LogP contribution in [0.1, 0.15) is 24.8 Å². The molecule has 136 valence electrons. The van der Waals surface area contributed by atoms with Crippen molar-refractivity contribution in [3.05, 3.63) is 35.9 Å². The second-order valence-corrected chi connectivity index (χ2v) is 6.02. The Morgan fingerprint density at radius 1 is 1.12 bits per heavy atom. The van der Waals surface area contributed by atoms with E-state index in [1.807, 2.05) is 6.07 Å². The molecule has 8 heteroatoms. The summed E-state index contributed by atoms with van der Waals surface area (Å²) >= 11 is 0. The van der Waals surface area contributed by atoms with Crippen LogP contribution in [-0.2, 0) is 20.9 Å². The Kier molecular flexibility index (Phi) is 6.76. The Bertz CT molecular complexity index is 602. The van der Waals surface area contributed by atoms with E-state index < -0.39 is 36.7 Å². The minimum atomic E-state index is -1.27. The predicted octanol–water partition coefficient (Wildman–Crippen LogP) is 0.643. The predicted molar refractivity (Wildman–Crippen MR) is 87.5 cm³/mol. The van der Waals surface area contributed by atoms with Crippen molar-refractivity contribution in [2.45, 2.75) is 38.0 Å². The number of carboxylic acid groups (broad SMARTS) is 1. The Hall–Kier alpha value is -2.61. The first-order valence-electron chi connectivity index (χ1n) is 8.11. The molecular formula is C17H22N2O6. The van der Waals surface area contributed by atoms with E-state index in [0.717, 1.165) is 18.4 Å². The highest BCUT2D eigenvalue weighted by atomic mass is 16.5. The van der Waals surface area contributed by atoms with E-state index in [9.17, 15) is 19.5 Å². The molecule has 1 aromatic carbocycles. The maximum atomic E-state index is 12.1. The minimum Gasteiger partial charge on any atom is -0.480 e. The van der Waals surface area contributed by atoms with Crippen molar-refractivity contribution in [2.75, 3.05) is 6.61 Å². The van der Waals surface area contributed by atoms with Crippen molar-refractivity contribution >= 4 is 18.0 Å². The van der Waals surface area contributed by atoms with Crippen LogP contribution in [-0.4, -0.2) is 46.9 Å². The largest absolute Gasteiger partial charge is 0.480 e. The molecule has 0 spiro atoms. The van der Waals surface area contributed by atoms with Crippen LogP contribution in [0.2, 0.25) is 0 Å². The Balaban J connectivity index is 1.81. The summed E-state index contributed by atoms with van der Waals surface area (Å²) in [6, 6.07) is 6.67. The standard InChI is InChI=1S/C17H22N2O6/c20-9-14(15(21)18-13(16(22)23)8-11-6-7-11)19-17(24)25-10-12-4-2-1-3-5-12/h1-5,11,13-14,20H,6-10H2,(H,18,21)(H,19,24)(H,22,23)/t13-,14-/m0/s1. The van der Waals surface area contributed by atoms with Crippen LogP contribution in [0.15, 0.2) is 30.3 Å². The molecule has 1 aromatic rings. The molecule has 0 saturated heterocycles. The fraction of sp³-hybridized carbons (Fsp3) is 0.471. The SMILES string of the molecule is O=C(N[C@@H](CO)C(=O)N[C@@H](CC1CC1)C(=O)O)OCc1ccccc1. The van der Waals surface area contributed by atoms with Crippen molar-refractivity contribution < 1.29 is 29.3 Å². The van der Waals surface area contributed by atoms with Crippen LogP contribution < -0.4 is 10.6 Å². The lowest BCUT2D eigenvalue weighted by Crippen LogP contribution is -2.53. The first kappa shape index (κ1) is 18.7. The molecule has 0 aromatic heterocycles. The van der Waals surface area contributed by atoms with E-state index in [1.165, 1.54) is 0 Å². The molecule has 8 nitrogen and oxygen atoms in total. The third-order valence-corrected chi connectivity index (χ3v) is 3.88. The molecule has 0 aliphatic heterocycles. The van der Waals surface area contributed by atoms with Gasteiger partial charge in [-0.15, -0.1) is 0 Å². The summed E-state index contributed by atoms with van der Waals surface area (Å²) < 4.78 is 4.98. The third-order valence-electron chi connectivity index (χ3n) is 3.88. The maximum Gasteiger partial charge on any atom is 0.408 e. The van der Waals surface area contributed by atoms with E-state index in [0.29, 0.717) is 12.3 Å². The van der Waals surface area contributed by atoms with Crippen LogP contribution in [0.3, 0.4) is 0 Å². The number of amides is 2. The average Bonchev–Trinajstić information content (AvgIpc) is 3.42.